The average molecular weight is 455 g/mol. The van der Waals surface area contributed by atoms with Gasteiger partial charge >= 0.3 is 5.69 Å². The van der Waals surface area contributed by atoms with Crippen LogP contribution in [-0.4, -0.2) is 54.0 Å². The summed E-state index contributed by atoms with van der Waals surface area (Å²) in [5.74, 6) is 0.586. The number of fused-ring (bicyclic) bond motifs is 1. The Morgan fingerprint density at radius 1 is 1.09 bits per heavy atom. The van der Waals surface area contributed by atoms with Gasteiger partial charge in [0.1, 0.15) is 12.6 Å². The highest BCUT2D eigenvalue weighted by Gasteiger charge is 2.24. The fourth-order valence-electron chi connectivity index (χ4n) is 4.45. The third-order valence-electron chi connectivity index (χ3n) is 6.47. The molecule has 1 unspecified atom stereocenters. The fourth-order valence-corrected chi connectivity index (χ4v) is 4.45. The molecule has 2 aromatic carbocycles. The molecule has 2 fully saturated rings. The first-order valence-corrected chi connectivity index (χ1v) is 11.7. The van der Waals surface area contributed by atoms with Crippen LogP contribution in [0.4, 0.5) is 4.39 Å². The van der Waals surface area contributed by atoms with Crippen LogP contribution in [0.3, 0.4) is 0 Å². The van der Waals surface area contributed by atoms with Crippen molar-refractivity contribution in [3.63, 3.8) is 0 Å². The predicted molar refractivity (Wildman–Crippen MR) is 131 cm³/mol. The molecule has 1 atom stereocenters. The fraction of sp³-hybridized carbons (Fsp3) is 0.462. The zero-order valence-electron chi connectivity index (χ0n) is 19.6. The second-order valence-corrected chi connectivity index (χ2v) is 8.87. The number of aromatic amines is 1. The maximum atomic E-state index is 13.3. The van der Waals surface area contributed by atoms with Crippen molar-refractivity contribution in [2.45, 2.75) is 50.6 Å². The maximum Gasteiger partial charge on any atom is 0.326 e. The summed E-state index contributed by atoms with van der Waals surface area (Å²) >= 11 is 0. The monoisotopic (exact) mass is 454 g/mol. The second-order valence-electron chi connectivity index (χ2n) is 8.87. The highest BCUT2D eigenvalue weighted by Crippen LogP contribution is 2.39. The molecule has 1 saturated carbocycles. The molecular weight excluding hydrogens is 419 g/mol. The number of hydrogen-bond acceptors (Lipinski definition) is 4. The van der Waals surface area contributed by atoms with Crippen molar-refractivity contribution in [3.8, 4) is 0 Å². The van der Waals surface area contributed by atoms with Crippen molar-refractivity contribution in [2.24, 2.45) is 0 Å². The molecule has 3 aromatic rings. The first-order valence-electron chi connectivity index (χ1n) is 11.7. The lowest BCUT2D eigenvalue weighted by Crippen LogP contribution is -2.43. The number of nitrogens with zero attached hydrogens (tertiary/aromatic N) is 2. The number of rotatable bonds is 5. The van der Waals surface area contributed by atoms with Gasteiger partial charge in [-0.15, -0.1) is 0 Å². The van der Waals surface area contributed by atoms with E-state index in [1.807, 2.05) is 13.8 Å². The number of H-pyrrole nitrogens is 1. The summed E-state index contributed by atoms with van der Waals surface area (Å²) < 4.78 is 15.1. The quantitative estimate of drug-likeness (QED) is 0.609. The van der Waals surface area contributed by atoms with Gasteiger partial charge in [-0.1, -0.05) is 30.3 Å². The van der Waals surface area contributed by atoms with Crippen LogP contribution in [0.2, 0.25) is 0 Å². The number of carbonyl (C=O) groups excluding carboxylic acids is 1. The van der Waals surface area contributed by atoms with Gasteiger partial charge in [0.15, 0.2) is 0 Å². The first-order chi connectivity index (χ1) is 16.0. The zero-order chi connectivity index (χ0) is 23.8. The molecule has 5 rings (SSSR count). The average Bonchev–Trinajstić information content (AvgIpc) is 3.65. The molecule has 1 aliphatic carbocycles. The minimum Gasteiger partial charge on any atom is -0.316 e. The maximum absolute atomic E-state index is 13.3. The Balaban J connectivity index is 0.000000230. The summed E-state index contributed by atoms with van der Waals surface area (Å²) in [7, 11) is 1.97. The molecule has 2 N–H and O–H groups in total. The van der Waals surface area contributed by atoms with Crippen LogP contribution in [0.15, 0.2) is 53.3 Å². The number of nitrogens with one attached hydrogen (secondary N) is 2. The molecule has 7 heteroatoms. The molecule has 0 spiro atoms. The van der Waals surface area contributed by atoms with Crippen LogP contribution < -0.4 is 11.0 Å². The van der Waals surface area contributed by atoms with Gasteiger partial charge in [0, 0.05) is 31.7 Å². The molecular formula is C26H35FN4O2. The largest absolute Gasteiger partial charge is 0.326 e. The van der Waals surface area contributed by atoms with Crippen molar-refractivity contribution >= 4 is 17.8 Å². The summed E-state index contributed by atoms with van der Waals surface area (Å²) in [6.45, 7) is 7.16. The van der Waals surface area contributed by atoms with E-state index in [0.29, 0.717) is 11.6 Å². The molecule has 0 radical (unpaired) electrons. The molecule has 33 heavy (non-hydrogen) atoms. The van der Waals surface area contributed by atoms with E-state index in [2.05, 4.69) is 52.5 Å². The van der Waals surface area contributed by atoms with Crippen molar-refractivity contribution in [2.75, 3.05) is 26.7 Å². The van der Waals surface area contributed by atoms with E-state index in [1.165, 1.54) is 30.5 Å². The lowest BCUT2D eigenvalue weighted by molar-refractivity contribution is -0.0979. The van der Waals surface area contributed by atoms with Crippen LogP contribution in [0.1, 0.15) is 50.1 Å². The third-order valence-corrected chi connectivity index (χ3v) is 6.47. The Bertz CT molecular complexity index is 1050. The van der Waals surface area contributed by atoms with E-state index < -0.39 is 0 Å². The van der Waals surface area contributed by atoms with Gasteiger partial charge in [0.25, 0.3) is 0 Å². The lowest BCUT2D eigenvalue weighted by Gasteiger charge is -2.33. The number of imidazole rings is 1. The number of aromatic nitrogens is 2. The molecule has 178 valence electrons. The number of halogens is 1. The standard InChI is InChI=1S/C16H23FN4O.C9H10.CH2O/c1-11(18-2)10-20-7-5-13(6-8-20)21-15-4-3-12(17)9-14(15)19-16(21)22;1-2-4-8(5-3-1)9-6-7-9;1-2/h3-4,9,11,13,18H,5-8,10H2,1-2H3,(H,19,22);1-5,9H,6-7H2;1H2. The van der Waals surface area contributed by atoms with Gasteiger partial charge in [0.05, 0.1) is 11.0 Å². The minimum absolute atomic E-state index is 0.136. The SMILES string of the molecule is C=O.CNC(C)CN1CCC(n2c(=O)[nH]c3cc(F)ccc32)CC1.c1ccc(C2CC2)cc1. The van der Waals surface area contributed by atoms with Crippen molar-refractivity contribution in [3.05, 3.63) is 70.4 Å². The summed E-state index contributed by atoms with van der Waals surface area (Å²) in [6, 6.07) is 15.9. The molecule has 1 aromatic heterocycles. The normalized spacial score (nSPS) is 17.5. The van der Waals surface area contributed by atoms with E-state index in [0.717, 1.165) is 43.9 Å². The van der Waals surface area contributed by atoms with Crippen LogP contribution in [0.25, 0.3) is 11.0 Å². The van der Waals surface area contributed by atoms with E-state index in [4.69, 9.17) is 4.79 Å². The first kappa shape index (κ1) is 24.9. The van der Waals surface area contributed by atoms with Gasteiger partial charge in [-0.25, -0.2) is 9.18 Å². The van der Waals surface area contributed by atoms with E-state index in [9.17, 15) is 9.18 Å². The summed E-state index contributed by atoms with van der Waals surface area (Å²) in [4.78, 5) is 25.4. The van der Waals surface area contributed by atoms with E-state index in [-0.39, 0.29) is 17.5 Å². The molecule has 1 aliphatic heterocycles. The Hall–Kier alpha value is -2.77. The highest BCUT2D eigenvalue weighted by atomic mass is 19.1. The van der Waals surface area contributed by atoms with Crippen molar-refractivity contribution < 1.29 is 9.18 Å². The van der Waals surface area contributed by atoms with Crippen LogP contribution in [-0.2, 0) is 4.79 Å². The van der Waals surface area contributed by atoms with E-state index >= 15 is 0 Å². The molecule has 2 aliphatic rings. The summed E-state index contributed by atoms with van der Waals surface area (Å²) in [6.07, 6.45) is 4.70. The Morgan fingerprint density at radius 2 is 1.76 bits per heavy atom. The van der Waals surface area contributed by atoms with E-state index in [1.54, 1.807) is 10.6 Å². The Labute approximate surface area is 194 Å². The summed E-state index contributed by atoms with van der Waals surface area (Å²) in [5.41, 5.74) is 2.77. The van der Waals surface area contributed by atoms with Gasteiger partial charge < -0.3 is 20.0 Å². The molecule has 0 bridgehead atoms. The minimum atomic E-state index is -0.322. The number of hydrogen-bond donors (Lipinski definition) is 2. The molecule has 1 saturated heterocycles. The smallest absolute Gasteiger partial charge is 0.316 e. The topological polar surface area (TPSA) is 70.1 Å². The van der Waals surface area contributed by atoms with Crippen LogP contribution in [0.5, 0.6) is 0 Å². The lowest BCUT2D eigenvalue weighted by atomic mass is 10.0. The number of likely N-dealkylation sites (N-methyl/N-ethyl adjacent to an activating group) is 1. The van der Waals surface area contributed by atoms with Gasteiger partial charge in [-0.3, -0.25) is 4.57 Å². The zero-order valence-corrected chi connectivity index (χ0v) is 19.6. The number of piperidine rings is 1. The molecule has 6 nitrogen and oxygen atoms in total. The van der Waals surface area contributed by atoms with Gasteiger partial charge in [0.2, 0.25) is 0 Å². The predicted octanol–water partition coefficient (Wildman–Crippen LogP) is 4.09. The molecule has 0 amide bonds. The molecule has 2 heterocycles. The third kappa shape index (κ3) is 6.62. The summed E-state index contributed by atoms with van der Waals surface area (Å²) in [5, 5.41) is 3.25. The second kappa shape index (κ2) is 11.9. The Kier molecular flexibility index (Phi) is 8.97. The van der Waals surface area contributed by atoms with Crippen LogP contribution >= 0.6 is 0 Å². The number of likely N-dealkylation sites (tertiary alicyclic amines) is 1. The highest BCUT2D eigenvalue weighted by molar-refractivity contribution is 5.75. The van der Waals surface area contributed by atoms with Gasteiger partial charge in [-0.2, -0.15) is 0 Å². The number of carbonyl (C=O) groups is 1. The Morgan fingerprint density at radius 3 is 2.36 bits per heavy atom. The van der Waals surface area contributed by atoms with Crippen molar-refractivity contribution in [1.82, 2.24) is 19.8 Å². The number of benzene rings is 2. The van der Waals surface area contributed by atoms with Gasteiger partial charge in [-0.05, 0) is 69.3 Å². The van der Waals surface area contributed by atoms with Crippen LogP contribution in [0, 0.1) is 5.82 Å². The van der Waals surface area contributed by atoms with Crippen molar-refractivity contribution in [1.29, 1.82) is 0 Å².